The number of rotatable bonds is 3. The quantitative estimate of drug-likeness (QED) is 0.181. The van der Waals surface area contributed by atoms with Gasteiger partial charge in [-0.1, -0.05) is 66.8 Å². The summed E-state index contributed by atoms with van der Waals surface area (Å²) in [5.74, 6) is 0.544. The van der Waals surface area contributed by atoms with Crippen LogP contribution in [0.25, 0.3) is 44.5 Å². The SMILES string of the molecule is CC(C)c1cc[c-]c(-c2ccccn2)c1.Cc1ccnc(-c2[c-]ccc3c2oc2ccccc23)c1.[Ir]. The predicted octanol–water partition coefficient (Wildman–Crippen LogP) is 8.43. The molecule has 0 amide bonds. The Balaban J connectivity index is 0.000000172. The molecule has 0 unspecified atom stereocenters. The molecule has 4 heteroatoms. The number of nitrogens with zero attached hydrogens (tertiary/aromatic N) is 2. The van der Waals surface area contributed by atoms with Gasteiger partial charge in [-0.05, 0) is 42.4 Å². The number of aromatic nitrogens is 2. The molecule has 0 aliphatic heterocycles. The molecule has 0 aliphatic rings. The van der Waals surface area contributed by atoms with Crippen molar-refractivity contribution in [1.29, 1.82) is 0 Å². The van der Waals surface area contributed by atoms with Gasteiger partial charge in [-0.2, -0.15) is 0 Å². The minimum atomic E-state index is 0. The first-order chi connectivity index (χ1) is 17.1. The number of para-hydroxylation sites is 1. The van der Waals surface area contributed by atoms with Gasteiger partial charge < -0.3 is 14.4 Å². The number of benzene rings is 3. The van der Waals surface area contributed by atoms with E-state index >= 15 is 0 Å². The number of fused-ring (bicyclic) bond motifs is 3. The largest absolute Gasteiger partial charge is 0.501 e. The maximum atomic E-state index is 6.01. The van der Waals surface area contributed by atoms with E-state index in [1.165, 1.54) is 11.1 Å². The minimum absolute atomic E-state index is 0. The van der Waals surface area contributed by atoms with Crippen molar-refractivity contribution in [3.63, 3.8) is 0 Å². The number of pyridine rings is 2. The van der Waals surface area contributed by atoms with Crippen LogP contribution in [0.5, 0.6) is 0 Å². The first-order valence-electron chi connectivity index (χ1n) is 11.8. The van der Waals surface area contributed by atoms with Gasteiger partial charge in [0.25, 0.3) is 0 Å². The van der Waals surface area contributed by atoms with Gasteiger partial charge in [-0.25, -0.2) is 0 Å². The molecule has 0 aliphatic carbocycles. The van der Waals surface area contributed by atoms with Crippen LogP contribution in [0.4, 0.5) is 0 Å². The average molecular weight is 647 g/mol. The van der Waals surface area contributed by atoms with Crippen LogP contribution in [-0.2, 0) is 20.1 Å². The van der Waals surface area contributed by atoms with E-state index in [-0.39, 0.29) is 20.1 Å². The van der Waals surface area contributed by atoms with Crippen LogP contribution < -0.4 is 0 Å². The normalized spacial score (nSPS) is 10.7. The zero-order valence-corrected chi connectivity index (χ0v) is 22.8. The van der Waals surface area contributed by atoms with E-state index in [1.807, 2.05) is 73.1 Å². The maximum Gasteiger partial charge on any atom is 0.120 e. The molecule has 3 nitrogen and oxygen atoms in total. The van der Waals surface area contributed by atoms with Crippen molar-refractivity contribution in [2.45, 2.75) is 26.7 Å². The second-order valence-electron chi connectivity index (χ2n) is 8.82. The third-order valence-electron chi connectivity index (χ3n) is 5.94. The standard InChI is InChI=1S/C18H12NO.C14H14N.Ir/c1-12-9-10-19-16(11-12)15-7-4-6-14-13-5-2-3-8-17(13)20-18(14)15;1-11(2)12-6-5-7-13(10-12)14-8-3-4-9-15-14;/h2-6,8-11H,1H3;3-6,8-11H,1-2H3;/q2*-1;. The summed E-state index contributed by atoms with van der Waals surface area (Å²) in [6, 6.07) is 34.7. The molecule has 3 aromatic heterocycles. The van der Waals surface area contributed by atoms with Crippen LogP contribution in [0, 0.1) is 19.1 Å². The molecule has 181 valence electrons. The maximum absolute atomic E-state index is 6.01. The smallest absolute Gasteiger partial charge is 0.120 e. The minimum Gasteiger partial charge on any atom is -0.501 e. The molecular formula is C32H26IrN2O-2. The Hall–Kier alpha value is -3.59. The molecule has 0 N–H and O–H groups in total. The third kappa shape index (κ3) is 5.46. The molecule has 0 spiro atoms. The van der Waals surface area contributed by atoms with Crippen molar-refractivity contribution < 1.29 is 24.5 Å². The summed E-state index contributed by atoms with van der Waals surface area (Å²) >= 11 is 0. The van der Waals surface area contributed by atoms with E-state index in [9.17, 15) is 0 Å². The zero-order chi connectivity index (χ0) is 24.2. The average Bonchev–Trinajstić information content (AvgIpc) is 3.29. The van der Waals surface area contributed by atoms with Crippen LogP contribution >= 0.6 is 0 Å². The molecule has 6 rings (SSSR count). The predicted molar refractivity (Wildman–Crippen MR) is 143 cm³/mol. The van der Waals surface area contributed by atoms with E-state index in [1.54, 1.807) is 0 Å². The Morgan fingerprint density at radius 1 is 0.750 bits per heavy atom. The second-order valence-corrected chi connectivity index (χ2v) is 8.82. The molecule has 3 aromatic carbocycles. The van der Waals surface area contributed by atoms with E-state index in [0.29, 0.717) is 5.92 Å². The first kappa shape index (κ1) is 25.5. The van der Waals surface area contributed by atoms with Crippen molar-refractivity contribution in [2.24, 2.45) is 0 Å². The fraction of sp³-hybridized carbons (Fsp3) is 0.125. The Bertz CT molecular complexity index is 1590. The van der Waals surface area contributed by atoms with Crippen molar-refractivity contribution in [1.82, 2.24) is 9.97 Å². The summed E-state index contributed by atoms with van der Waals surface area (Å²) in [6.45, 7) is 6.44. The molecule has 0 fully saturated rings. The van der Waals surface area contributed by atoms with Crippen LogP contribution in [0.3, 0.4) is 0 Å². The second kappa shape index (κ2) is 11.4. The van der Waals surface area contributed by atoms with E-state index in [2.05, 4.69) is 67.1 Å². The van der Waals surface area contributed by atoms with E-state index in [0.717, 1.165) is 44.5 Å². The van der Waals surface area contributed by atoms with Gasteiger partial charge in [-0.15, -0.1) is 53.6 Å². The summed E-state index contributed by atoms with van der Waals surface area (Å²) in [4.78, 5) is 8.76. The van der Waals surface area contributed by atoms with Crippen molar-refractivity contribution in [3.8, 4) is 22.5 Å². The van der Waals surface area contributed by atoms with Crippen molar-refractivity contribution in [2.75, 3.05) is 0 Å². The van der Waals surface area contributed by atoms with Crippen LogP contribution in [0.1, 0.15) is 30.9 Å². The van der Waals surface area contributed by atoms with E-state index < -0.39 is 0 Å². The molecule has 6 aromatic rings. The van der Waals surface area contributed by atoms with Gasteiger partial charge in [0.15, 0.2) is 0 Å². The number of hydrogen-bond donors (Lipinski definition) is 0. The van der Waals surface area contributed by atoms with Gasteiger partial charge >= 0.3 is 0 Å². The van der Waals surface area contributed by atoms with E-state index in [4.69, 9.17) is 4.42 Å². The van der Waals surface area contributed by atoms with Crippen molar-refractivity contribution in [3.05, 3.63) is 121 Å². The summed E-state index contributed by atoms with van der Waals surface area (Å²) in [7, 11) is 0. The summed E-state index contributed by atoms with van der Waals surface area (Å²) in [5, 5.41) is 2.24. The molecule has 0 saturated carbocycles. The number of furan rings is 1. The van der Waals surface area contributed by atoms with Gasteiger partial charge in [0, 0.05) is 37.9 Å². The molecule has 36 heavy (non-hydrogen) atoms. The first-order valence-corrected chi connectivity index (χ1v) is 11.8. The fourth-order valence-corrected chi connectivity index (χ4v) is 4.07. The van der Waals surface area contributed by atoms with Crippen LogP contribution in [-0.4, -0.2) is 9.97 Å². The van der Waals surface area contributed by atoms with Gasteiger partial charge in [0.2, 0.25) is 0 Å². The van der Waals surface area contributed by atoms with Gasteiger partial charge in [-0.3, -0.25) is 0 Å². The summed E-state index contributed by atoms with van der Waals surface area (Å²) in [6.07, 6.45) is 3.63. The molecule has 0 atom stereocenters. The molecule has 0 bridgehead atoms. The Morgan fingerprint density at radius 2 is 1.53 bits per heavy atom. The zero-order valence-electron chi connectivity index (χ0n) is 20.5. The van der Waals surface area contributed by atoms with Gasteiger partial charge in [0.1, 0.15) is 5.58 Å². The fourth-order valence-electron chi connectivity index (χ4n) is 4.07. The Labute approximate surface area is 225 Å². The van der Waals surface area contributed by atoms with Crippen molar-refractivity contribution >= 4 is 21.9 Å². The van der Waals surface area contributed by atoms with Crippen LogP contribution in [0.15, 0.2) is 102 Å². The number of hydrogen-bond acceptors (Lipinski definition) is 3. The van der Waals surface area contributed by atoms with Crippen LogP contribution in [0.2, 0.25) is 0 Å². The van der Waals surface area contributed by atoms with Gasteiger partial charge in [0.05, 0.1) is 5.58 Å². The Morgan fingerprint density at radius 3 is 2.31 bits per heavy atom. The number of aryl methyl sites for hydroxylation is 1. The third-order valence-corrected chi connectivity index (χ3v) is 5.94. The molecule has 0 saturated heterocycles. The Kier molecular flexibility index (Phi) is 8.10. The monoisotopic (exact) mass is 647 g/mol. The molecule has 3 heterocycles. The molecule has 1 radical (unpaired) electrons. The summed E-state index contributed by atoms with van der Waals surface area (Å²) < 4.78 is 6.01. The molecular weight excluding hydrogens is 621 g/mol. The summed E-state index contributed by atoms with van der Waals surface area (Å²) in [5.41, 5.74) is 8.13. The topological polar surface area (TPSA) is 38.9 Å².